The van der Waals surface area contributed by atoms with Crippen molar-refractivity contribution >= 4 is 6.09 Å². The topological polar surface area (TPSA) is 60.5 Å². The zero-order valence-corrected chi connectivity index (χ0v) is 14.7. The van der Waals surface area contributed by atoms with E-state index in [9.17, 15) is 4.79 Å². The maximum atomic E-state index is 11.9. The van der Waals surface area contributed by atoms with Crippen LogP contribution in [0.5, 0.6) is 17.2 Å². The fourth-order valence-corrected chi connectivity index (χ4v) is 3.83. The third-order valence-electron chi connectivity index (χ3n) is 5.36. The number of methoxy groups -OCH3 is 1. The van der Waals surface area contributed by atoms with E-state index in [0.29, 0.717) is 13.1 Å². The molecule has 3 aliphatic heterocycles. The highest BCUT2D eigenvalue weighted by atomic mass is 16.7. The minimum absolute atomic E-state index is 0.173. The molecule has 0 unspecified atom stereocenters. The SMILES string of the molecule is CCN1CC2(CCN(Cc3cc4c(cc3OC)OCO4)CC2)OC1=O. The fraction of sp³-hybridized carbons (Fsp3) is 0.611. The molecule has 0 aromatic heterocycles. The average Bonchev–Trinajstić information content (AvgIpc) is 3.20. The highest BCUT2D eigenvalue weighted by Crippen LogP contribution is 2.39. The van der Waals surface area contributed by atoms with E-state index in [4.69, 9.17) is 18.9 Å². The molecule has 7 heteroatoms. The lowest BCUT2D eigenvalue weighted by Crippen LogP contribution is -2.46. The summed E-state index contributed by atoms with van der Waals surface area (Å²) in [5.74, 6) is 2.32. The van der Waals surface area contributed by atoms with Gasteiger partial charge < -0.3 is 23.8 Å². The summed E-state index contributed by atoms with van der Waals surface area (Å²) in [6.45, 7) is 6.23. The Morgan fingerprint density at radius 2 is 1.92 bits per heavy atom. The molecule has 0 bridgehead atoms. The highest BCUT2D eigenvalue weighted by Gasteiger charge is 2.46. The van der Waals surface area contributed by atoms with Gasteiger partial charge in [0.05, 0.1) is 13.7 Å². The Balaban J connectivity index is 1.42. The van der Waals surface area contributed by atoms with Crippen molar-refractivity contribution in [1.29, 1.82) is 0 Å². The number of benzene rings is 1. The Morgan fingerprint density at radius 1 is 1.20 bits per heavy atom. The molecular weight excluding hydrogens is 324 g/mol. The van der Waals surface area contributed by atoms with Crippen molar-refractivity contribution in [2.24, 2.45) is 0 Å². The van der Waals surface area contributed by atoms with Gasteiger partial charge in [0.25, 0.3) is 0 Å². The summed E-state index contributed by atoms with van der Waals surface area (Å²) >= 11 is 0. The van der Waals surface area contributed by atoms with Crippen molar-refractivity contribution in [2.45, 2.75) is 31.9 Å². The molecule has 1 aromatic carbocycles. The molecule has 3 aliphatic rings. The Labute approximate surface area is 147 Å². The number of likely N-dealkylation sites (tertiary alicyclic amines) is 1. The largest absolute Gasteiger partial charge is 0.496 e. The van der Waals surface area contributed by atoms with E-state index < -0.39 is 0 Å². The Kier molecular flexibility index (Phi) is 4.11. The fourth-order valence-electron chi connectivity index (χ4n) is 3.83. The van der Waals surface area contributed by atoms with E-state index in [0.717, 1.165) is 55.3 Å². The zero-order valence-electron chi connectivity index (χ0n) is 14.7. The van der Waals surface area contributed by atoms with Crippen molar-refractivity contribution in [3.63, 3.8) is 0 Å². The number of carbonyl (C=O) groups is 1. The first kappa shape index (κ1) is 16.3. The maximum Gasteiger partial charge on any atom is 0.410 e. The lowest BCUT2D eigenvalue weighted by molar-refractivity contribution is -0.00136. The van der Waals surface area contributed by atoms with E-state index in [2.05, 4.69) is 4.90 Å². The molecule has 25 heavy (non-hydrogen) atoms. The minimum atomic E-state index is -0.303. The number of fused-ring (bicyclic) bond motifs is 1. The van der Waals surface area contributed by atoms with Gasteiger partial charge in [0.15, 0.2) is 11.5 Å². The number of hydrogen-bond acceptors (Lipinski definition) is 6. The Bertz CT molecular complexity index is 670. The van der Waals surface area contributed by atoms with Crippen LogP contribution >= 0.6 is 0 Å². The normalized spacial score (nSPS) is 21.7. The number of rotatable bonds is 4. The van der Waals surface area contributed by atoms with Gasteiger partial charge in [-0.2, -0.15) is 0 Å². The van der Waals surface area contributed by atoms with Crippen molar-refractivity contribution in [1.82, 2.24) is 9.80 Å². The Hall–Kier alpha value is -2.15. The second kappa shape index (κ2) is 6.29. The lowest BCUT2D eigenvalue weighted by Gasteiger charge is -2.37. The molecular formula is C18H24N2O5. The summed E-state index contributed by atoms with van der Waals surface area (Å²) in [6.07, 6.45) is 1.55. The molecule has 0 atom stereocenters. The predicted octanol–water partition coefficient (Wildman–Crippen LogP) is 2.23. The van der Waals surface area contributed by atoms with Crippen LogP contribution in [0.15, 0.2) is 12.1 Å². The molecule has 3 heterocycles. The summed E-state index contributed by atoms with van der Waals surface area (Å²) in [5.41, 5.74) is 0.782. The van der Waals surface area contributed by atoms with Gasteiger partial charge in [0, 0.05) is 50.7 Å². The highest BCUT2D eigenvalue weighted by molar-refractivity contribution is 5.70. The number of ether oxygens (including phenoxy) is 4. The minimum Gasteiger partial charge on any atom is -0.496 e. The van der Waals surface area contributed by atoms with Crippen LogP contribution in [-0.4, -0.2) is 61.6 Å². The second-order valence-electron chi connectivity index (χ2n) is 6.86. The van der Waals surface area contributed by atoms with Crippen LogP contribution in [0.1, 0.15) is 25.3 Å². The van der Waals surface area contributed by atoms with Gasteiger partial charge >= 0.3 is 6.09 Å². The smallest absolute Gasteiger partial charge is 0.410 e. The van der Waals surface area contributed by atoms with Crippen molar-refractivity contribution in [2.75, 3.05) is 40.1 Å². The number of likely N-dealkylation sites (N-methyl/N-ethyl adjacent to an activating group) is 1. The van der Waals surface area contributed by atoms with Crippen LogP contribution in [0.4, 0.5) is 4.79 Å². The molecule has 2 fully saturated rings. The van der Waals surface area contributed by atoms with Gasteiger partial charge in [-0.05, 0) is 13.0 Å². The van der Waals surface area contributed by atoms with Crippen LogP contribution in [0, 0.1) is 0 Å². The van der Waals surface area contributed by atoms with Crippen molar-refractivity contribution in [3.8, 4) is 17.2 Å². The van der Waals surface area contributed by atoms with Crippen LogP contribution in [0.3, 0.4) is 0 Å². The quantitative estimate of drug-likeness (QED) is 0.832. The van der Waals surface area contributed by atoms with Crippen molar-refractivity contribution < 1.29 is 23.7 Å². The molecule has 1 spiro atoms. The van der Waals surface area contributed by atoms with Gasteiger partial charge in [-0.3, -0.25) is 4.90 Å². The van der Waals surface area contributed by atoms with E-state index in [-0.39, 0.29) is 18.5 Å². The number of carbonyl (C=O) groups excluding carboxylic acids is 1. The molecule has 1 amide bonds. The van der Waals surface area contributed by atoms with Crippen molar-refractivity contribution in [3.05, 3.63) is 17.7 Å². The van der Waals surface area contributed by atoms with Gasteiger partial charge in [0.1, 0.15) is 11.4 Å². The molecule has 136 valence electrons. The molecule has 0 radical (unpaired) electrons. The maximum absolute atomic E-state index is 11.9. The second-order valence-corrected chi connectivity index (χ2v) is 6.86. The first-order valence-electron chi connectivity index (χ1n) is 8.79. The van der Waals surface area contributed by atoms with Crippen LogP contribution in [-0.2, 0) is 11.3 Å². The molecule has 0 N–H and O–H groups in total. The number of amides is 1. The first-order chi connectivity index (χ1) is 12.1. The standard InChI is InChI=1S/C18H24N2O5/c1-3-20-11-18(25-17(20)21)4-6-19(7-5-18)10-13-8-15-16(24-12-23-15)9-14(13)22-2/h8-9H,3-7,10-12H2,1-2H3. The molecule has 7 nitrogen and oxygen atoms in total. The van der Waals surface area contributed by atoms with Gasteiger partial charge in [0.2, 0.25) is 6.79 Å². The van der Waals surface area contributed by atoms with Gasteiger partial charge in [-0.1, -0.05) is 0 Å². The first-order valence-corrected chi connectivity index (χ1v) is 8.79. The lowest BCUT2D eigenvalue weighted by atomic mass is 9.91. The van der Waals surface area contributed by atoms with E-state index in [1.807, 2.05) is 19.1 Å². The van der Waals surface area contributed by atoms with E-state index in [1.165, 1.54) is 0 Å². The zero-order chi connectivity index (χ0) is 17.4. The van der Waals surface area contributed by atoms with Crippen LogP contribution < -0.4 is 14.2 Å². The number of nitrogens with zero attached hydrogens (tertiary/aromatic N) is 2. The molecule has 0 saturated carbocycles. The predicted molar refractivity (Wildman–Crippen MR) is 90.1 cm³/mol. The summed E-state index contributed by atoms with van der Waals surface area (Å²) in [5, 5.41) is 0. The molecule has 2 saturated heterocycles. The van der Waals surface area contributed by atoms with Crippen LogP contribution in [0.25, 0.3) is 0 Å². The van der Waals surface area contributed by atoms with E-state index in [1.54, 1.807) is 12.0 Å². The number of hydrogen-bond donors (Lipinski definition) is 0. The average molecular weight is 348 g/mol. The number of piperidine rings is 1. The molecule has 1 aromatic rings. The van der Waals surface area contributed by atoms with Gasteiger partial charge in [-0.15, -0.1) is 0 Å². The third-order valence-corrected chi connectivity index (χ3v) is 5.36. The monoisotopic (exact) mass is 348 g/mol. The third kappa shape index (κ3) is 2.97. The summed E-state index contributed by atoms with van der Waals surface area (Å²) in [7, 11) is 1.67. The summed E-state index contributed by atoms with van der Waals surface area (Å²) < 4.78 is 22.1. The molecule has 0 aliphatic carbocycles. The summed E-state index contributed by atoms with van der Waals surface area (Å²) in [4.78, 5) is 16.0. The Morgan fingerprint density at radius 3 is 2.56 bits per heavy atom. The van der Waals surface area contributed by atoms with E-state index >= 15 is 0 Å². The molecule has 4 rings (SSSR count). The van der Waals surface area contributed by atoms with Crippen LogP contribution in [0.2, 0.25) is 0 Å². The summed E-state index contributed by atoms with van der Waals surface area (Å²) in [6, 6.07) is 3.89. The van der Waals surface area contributed by atoms with Gasteiger partial charge in [-0.25, -0.2) is 4.79 Å².